The summed E-state index contributed by atoms with van der Waals surface area (Å²) in [5.41, 5.74) is 2.39. The van der Waals surface area contributed by atoms with Crippen LogP contribution in [0.1, 0.15) is 80.5 Å². The highest BCUT2D eigenvalue weighted by atomic mass is 32.1. The number of ether oxygens (including phenoxy) is 1. The molecule has 2 N–H and O–H groups in total. The maximum Gasteiger partial charge on any atom is 0.252 e. The van der Waals surface area contributed by atoms with E-state index in [0.29, 0.717) is 24.6 Å². The minimum absolute atomic E-state index is 0.124. The molecule has 0 saturated carbocycles. The van der Waals surface area contributed by atoms with Gasteiger partial charge in [-0.05, 0) is 67.8 Å². The molecule has 2 amide bonds. The number of hydrogen-bond acceptors (Lipinski definition) is 6. The number of hydrogen-bond donors (Lipinski definition) is 2. The molecule has 1 aliphatic rings. The molecule has 0 radical (unpaired) electrons. The van der Waals surface area contributed by atoms with Crippen LogP contribution in [0.25, 0.3) is 11.0 Å². The molecule has 1 fully saturated rings. The number of carbonyl (C=O) groups excluding carboxylic acids is 2. The lowest BCUT2D eigenvalue weighted by Crippen LogP contribution is -2.48. The summed E-state index contributed by atoms with van der Waals surface area (Å²) in [4.78, 5) is 35.1. The number of morpholine rings is 1. The summed E-state index contributed by atoms with van der Waals surface area (Å²) in [6, 6.07) is 9.72. The number of amides is 2. The van der Waals surface area contributed by atoms with Gasteiger partial charge in [0.05, 0.1) is 24.2 Å². The summed E-state index contributed by atoms with van der Waals surface area (Å²) in [5, 5.41) is 8.15. The van der Waals surface area contributed by atoms with Crippen LogP contribution in [0.15, 0.2) is 35.7 Å². The zero-order chi connectivity index (χ0) is 28.5. The fourth-order valence-corrected chi connectivity index (χ4v) is 6.15. The van der Waals surface area contributed by atoms with Crippen molar-refractivity contribution in [3.05, 3.63) is 52.0 Å². The second-order valence-corrected chi connectivity index (χ2v) is 12.1. The van der Waals surface area contributed by atoms with Crippen molar-refractivity contribution in [2.45, 2.75) is 71.9 Å². The van der Waals surface area contributed by atoms with Crippen molar-refractivity contribution >= 4 is 34.2 Å². The van der Waals surface area contributed by atoms with E-state index in [2.05, 4.69) is 65.3 Å². The Bertz CT molecular complexity index is 1230. The quantitative estimate of drug-likeness (QED) is 0.267. The molecule has 3 heterocycles. The number of aromatic nitrogens is 2. The number of fused-ring (bicyclic) bond motifs is 1. The first kappa shape index (κ1) is 30.2. The average Bonchev–Trinajstić information content (AvgIpc) is 3.59. The van der Waals surface area contributed by atoms with E-state index in [1.54, 1.807) is 11.3 Å². The van der Waals surface area contributed by atoms with E-state index in [1.807, 2.05) is 18.2 Å². The van der Waals surface area contributed by atoms with E-state index >= 15 is 0 Å². The molecule has 3 aromatic rings. The van der Waals surface area contributed by atoms with E-state index in [-0.39, 0.29) is 17.7 Å². The third kappa shape index (κ3) is 7.92. The number of carbonyl (C=O) groups is 2. The van der Waals surface area contributed by atoms with Gasteiger partial charge in [-0.15, -0.1) is 11.3 Å². The van der Waals surface area contributed by atoms with E-state index in [1.165, 1.54) is 4.88 Å². The first-order valence-electron chi connectivity index (χ1n) is 14.8. The Labute approximate surface area is 242 Å². The first-order valence-corrected chi connectivity index (χ1v) is 15.7. The highest BCUT2D eigenvalue weighted by Crippen LogP contribution is 2.28. The molecule has 2 aromatic heterocycles. The van der Waals surface area contributed by atoms with Gasteiger partial charge in [0.1, 0.15) is 11.9 Å². The summed E-state index contributed by atoms with van der Waals surface area (Å²) in [6.07, 6.45) is 4.25. The summed E-state index contributed by atoms with van der Waals surface area (Å²) in [7, 11) is 0. The van der Waals surface area contributed by atoms with Crippen molar-refractivity contribution in [3.8, 4) is 0 Å². The number of benzene rings is 1. The zero-order valence-corrected chi connectivity index (χ0v) is 25.3. The number of nitrogens with zero attached hydrogens (tertiary/aromatic N) is 3. The van der Waals surface area contributed by atoms with Crippen LogP contribution in [0.2, 0.25) is 0 Å². The topological polar surface area (TPSA) is 88.5 Å². The molecule has 1 saturated heterocycles. The molecule has 4 rings (SSSR count). The third-order valence-electron chi connectivity index (χ3n) is 7.63. The lowest BCUT2D eigenvalue weighted by atomic mass is 10.0. The summed E-state index contributed by atoms with van der Waals surface area (Å²) in [5.74, 6) is 0.925. The molecule has 1 aromatic carbocycles. The van der Waals surface area contributed by atoms with Gasteiger partial charge in [0, 0.05) is 42.5 Å². The molecule has 1 atom stereocenters. The number of nitrogens with one attached hydrogen (secondary N) is 2. The van der Waals surface area contributed by atoms with Crippen LogP contribution in [0, 0.1) is 5.92 Å². The van der Waals surface area contributed by atoms with E-state index < -0.39 is 6.04 Å². The van der Waals surface area contributed by atoms with Crippen molar-refractivity contribution in [2.24, 2.45) is 5.92 Å². The molecule has 218 valence electrons. The number of rotatable bonds is 14. The largest absolute Gasteiger partial charge is 0.379 e. The molecule has 0 bridgehead atoms. The lowest BCUT2D eigenvalue weighted by Gasteiger charge is -2.26. The zero-order valence-electron chi connectivity index (χ0n) is 24.4. The Hall–Kier alpha value is -2.75. The molecule has 40 heavy (non-hydrogen) atoms. The second kappa shape index (κ2) is 14.8. The molecule has 0 aliphatic carbocycles. The van der Waals surface area contributed by atoms with Gasteiger partial charge in [0.25, 0.3) is 5.91 Å². The Morgan fingerprint density at radius 3 is 2.58 bits per heavy atom. The number of imidazole rings is 1. The molecule has 1 aliphatic heterocycles. The molecule has 9 heteroatoms. The van der Waals surface area contributed by atoms with Crippen molar-refractivity contribution < 1.29 is 14.3 Å². The van der Waals surface area contributed by atoms with Crippen molar-refractivity contribution in [1.29, 1.82) is 0 Å². The summed E-state index contributed by atoms with van der Waals surface area (Å²) in [6.45, 7) is 13.5. The van der Waals surface area contributed by atoms with Gasteiger partial charge in [-0.25, -0.2) is 4.98 Å². The van der Waals surface area contributed by atoms with Crippen LogP contribution >= 0.6 is 11.3 Å². The van der Waals surface area contributed by atoms with Gasteiger partial charge in [-0.2, -0.15) is 0 Å². The predicted octanol–water partition coefficient (Wildman–Crippen LogP) is 5.03. The Morgan fingerprint density at radius 2 is 1.90 bits per heavy atom. The molecule has 1 unspecified atom stereocenters. The maximum absolute atomic E-state index is 13.4. The predicted molar refractivity (Wildman–Crippen MR) is 162 cm³/mol. The molecular weight excluding hydrogens is 522 g/mol. The van der Waals surface area contributed by atoms with Crippen LogP contribution in [-0.2, 0) is 16.0 Å². The third-order valence-corrected chi connectivity index (χ3v) is 8.50. The Morgan fingerprint density at radius 1 is 1.12 bits per heavy atom. The minimum Gasteiger partial charge on any atom is -0.379 e. The Kier molecular flexibility index (Phi) is 11.1. The van der Waals surface area contributed by atoms with Gasteiger partial charge < -0.3 is 19.9 Å². The highest BCUT2D eigenvalue weighted by molar-refractivity contribution is 7.09. The number of thiophene rings is 1. The van der Waals surface area contributed by atoms with Gasteiger partial charge >= 0.3 is 0 Å². The Balaban J connectivity index is 1.45. The first-order chi connectivity index (χ1) is 19.4. The molecule has 8 nitrogen and oxygen atoms in total. The summed E-state index contributed by atoms with van der Waals surface area (Å²) >= 11 is 1.74. The second-order valence-electron chi connectivity index (χ2n) is 11.1. The smallest absolute Gasteiger partial charge is 0.252 e. The van der Waals surface area contributed by atoms with Gasteiger partial charge in [-0.1, -0.05) is 33.8 Å². The van der Waals surface area contributed by atoms with Crippen LogP contribution in [-0.4, -0.2) is 71.7 Å². The van der Waals surface area contributed by atoms with E-state index in [9.17, 15) is 9.59 Å². The van der Waals surface area contributed by atoms with Crippen molar-refractivity contribution in [3.63, 3.8) is 0 Å². The van der Waals surface area contributed by atoms with Crippen molar-refractivity contribution in [1.82, 2.24) is 25.1 Å². The lowest BCUT2D eigenvalue weighted by molar-refractivity contribution is -0.123. The summed E-state index contributed by atoms with van der Waals surface area (Å²) < 4.78 is 7.75. The highest BCUT2D eigenvalue weighted by Gasteiger charge is 2.24. The maximum atomic E-state index is 13.4. The standard InChI is InChI=1S/C31H45N5O3S/c1-5-24(6-2)36-28-11-10-23(20-26(28)33-29(36)21-25-9-7-18-40-25)30(37)34-27(19-22(3)4)31(38)32-12-8-13-35-14-16-39-17-15-35/h7,9-11,18,20,22,24,27H,5-6,8,12-17,19,21H2,1-4H3,(H,32,38)(H,34,37). The van der Waals surface area contributed by atoms with Gasteiger partial charge in [-0.3, -0.25) is 14.5 Å². The average molecular weight is 568 g/mol. The fraction of sp³-hybridized carbons (Fsp3) is 0.581. The molecule has 0 spiro atoms. The van der Waals surface area contributed by atoms with E-state index in [4.69, 9.17) is 9.72 Å². The van der Waals surface area contributed by atoms with Gasteiger partial charge in [0.2, 0.25) is 5.91 Å². The van der Waals surface area contributed by atoms with E-state index in [0.717, 1.165) is 75.4 Å². The minimum atomic E-state index is -0.580. The van der Waals surface area contributed by atoms with Crippen LogP contribution < -0.4 is 10.6 Å². The fourth-order valence-electron chi connectivity index (χ4n) is 5.45. The van der Waals surface area contributed by atoms with Crippen LogP contribution in [0.3, 0.4) is 0 Å². The van der Waals surface area contributed by atoms with Gasteiger partial charge in [0.15, 0.2) is 0 Å². The van der Waals surface area contributed by atoms with Crippen LogP contribution in [0.5, 0.6) is 0 Å². The SMILES string of the molecule is CCC(CC)n1c(Cc2cccs2)nc2cc(C(=O)NC(CC(C)C)C(=O)NCCCN3CCOCC3)ccc21. The monoisotopic (exact) mass is 567 g/mol. The normalized spacial score (nSPS) is 15.2. The molecular formula is C31H45N5O3S. The van der Waals surface area contributed by atoms with Crippen molar-refractivity contribution in [2.75, 3.05) is 39.4 Å². The van der Waals surface area contributed by atoms with Crippen LogP contribution in [0.4, 0.5) is 0 Å².